The molecule has 0 saturated carbocycles. The van der Waals surface area contributed by atoms with E-state index in [0.717, 1.165) is 12.1 Å². The van der Waals surface area contributed by atoms with Crippen LogP contribution in [0.25, 0.3) is 0 Å². The van der Waals surface area contributed by atoms with Crippen molar-refractivity contribution in [1.29, 1.82) is 5.26 Å². The number of halogens is 3. The predicted molar refractivity (Wildman–Crippen MR) is 59.2 cm³/mol. The minimum Gasteiger partial charge on any atom is -0.283 e. The number of rotatable bonds is 3. The highest BCUT2D eigenvalue weighted by molar-refractivity contribution is 7.92. The summed E-state index contributed by atoms with van der Waals surface area (Å²) >= 11 is 0. The zero-order chi connectivity index (χ0) is 14.0. The molecular weight excluding hydrogens is 269 g/mol. The van der Waals surface area contributed by atoms with Crippen LogP contribution in [0.4, 0.5) is 18.9 Å². The van der Waals surface area contributed by atoms with Gasteiger partial charge in [-0.05, 0) is 25.1 Å². The lowest BCUT2D eigenvalue weighted by molar-refractivity contribution is -0.136. The van der Waals surface area contributed by atoms with Crippen LogP contribution in [0.1, 0.15) is 18.1 Å². The zero-order valence-corrected chi connectivity index (χ0v) is 10.1. The van der Waals surface area contributed by atoms with E-state index in [1.165, 1.54) is 6.92 Å². The molecule has 0 aliphatic carbocycles. The van der Waals surface area contributed by atoms with E-state index in [0.29, 0.717) is 6.07 Å². The first-order valence-corrected chi connectivity index (χ1v) is 6.46. The second kappa shape index (κ2) is 4.86. The highest BCUT2D eigenvalue weighted by Gasteiger charge is 2.34. The Bertz CT molecular complexity index is 588. The summed E-state index contributed by atoms with van der Waals surface area (Å²) in [5.41, 5.74) is -1.95. The molecule has 0 atom stereocenters. The highest BCUT2D eigenvalue weighted by Crippen LogP contribution is 2.35. The van der Waals surface area contributed by atoms with Gasteiger partial charge in [-0.3, -0.25) is 4.72 Å². The summed E-state index contributed by atoms with van der Waals surface area (Å²) in [6, 6.07) is 4.21. The van der Waals surface area contributed by atoms with Crippen LogP contribution in [0.2, 0.25) is 0 Å². The molecular formula is C10H9F3N2O2S. The SMILES string of the molecule is CCS(=O)(=O)Nc1ccc(C#N)cc1C(F)(F)F. The number of nitrogens with zero attached hydrogens (tertiary/aromatic N) is 1. The normalized spacial score (nSPS) is 11.9. The van der Waals surface area contributed by atoms with Gasteiger partial charge >= 0.3 is 6.18 Å². The molecule has 8 heteroatoms. The largest absolute Gasteiger partial charge is 0.418 e. The van der Waals surface area contributed by atoms with Gasteiger partial charge in [0.2, 0.25) is 10.0 Å². The molecule has 0 spiro atoms. The molecule has 1 rings (SSSR count). The van der Waals surface area contributed by atoms with Crippen LogP contribution in [0.3, 0.4) is 0 Å². The molecule has 0 radical (unpaired) electrons. The topological polar surface area (TPSA) is 70.0 Å². The summed E-state index contributed by atoms with van der Waals surface area (Å²) in [5, 5.41) is 8.54. The van der Waals surface area contributed by atoms with Gasteiger partial charge in [-0.1, -0.05) is 0 Å². The lowest BCUT2D eigenvalue weighted by Crippen LogP contribution is -2.18. The molecule has 4 nitrogen and oxygen atoms in total. The Balaban J connectivity index is 3.33. The van der Waals surface area contributed by atoms with E-state index in [4.69, 9.17) is 5.26 Å². The van der Waals surface area contributed by atoms with E-state index in [2.05, 4.69) is 0 Å². The number of alkyl halides is 3. The molecule has 0 aliphatic rings. The maximum absolute atomic E-state index is 12.7. The number of anilines is 1. The quantitative estimate of drug-likeness (QED) is 0.922. The van der Waals surface area contributed by atoms with E-state index < -0.39 is 27.5 Å². The molecule has 0 saturated heterocycles. The van der Waals surface area contributed by atoms with Gasteiger partial charge in [-0.15, -0.1) is 0 Å². The first kappa shape index (κ1) is 14.3. The summed E-state index contributed by atoms with van der Waals surface area (Å²) in [4.78, 5) is 0. The monoisotopic (exact) mass is 278 g/mol. The van der Waals surface area contributed by atoms with Crippen LogP contribution in [-0.2, 0) is 16.2 Å². The summed E-state index contributed by atoms with van der Waals surface area (Å²) in [6.07, 6.45) is -4.74. The first-order chi connectivity index (χ1) is 8.19. The number of benzene rings is 1. The van der Waals surface area contributed by atoms with Crippen molar-refractivity contribution in [2.75, 3.05) is 10.5 Å². The Labute approximate surface area is 102 Å². The minimum atomic E-state index is -4.74. The standard InChI is InChI=1S/C10H9F3N2O2S/c1-2-18(16,17)15-9-4-3-7(6-14)5-8(9)10(11,12)13/h3-5,15H,2H2,1H3. The summed E-state index contributed by atoms with van der Waals surface area (Å²) in [7, 11) is -3.81. The molecule has 1 N–H and O–H groups in total. The molecule has 0 fully saturated rings. The molecule has 0 heterocycles. The molecule has 0 aromatic heterocycles. The lowest BCUT2D eigenvalue weighted by atomic mass is 10.1. The maximum atomic E-state index is 12.7. The van der Waals surface area contributed by atoms with Gasteiger partial charge in [-0.25, -0.2) is 8.42 Å². The fourth-order valence-electron chi connectivity index (χ4n) is 1.18. The molecule has 1 aromatic carbocycles. The van der Waals surface area contributed by atoms with Gasteiger partial charge < -0.3 is 0 Å². The zero-order valence-electron chi connectivity index (χ0n) is 9.25. The molecule has 0 unspecified atom stereocenters. The average molecular weight is 278 g/mol. The third-order valence-corrected chi connectivity index (χ3v) is 3.39. The van der Waals surface area contributed by atoms with Crippen molar-refractivity contribution < 1.29 is 21.6 Å². The number of nitriles is 1. The van der Waals surface area contributed by atoms with Crippen molar-refractivity contribution >= 4 is 15.7 Å². The highest BCUT2D eigenvalue weighted by atomic mass is 32.2. The van der Waals surface area contributed by atoms with Gasteiger partial charge in [0.25, 0.3) is 0 Å². The predicted octanol–water partition coefficient (Wildman–Crippen LogP) is 2.34. The van der Waals surface area contributed by atoms with Crippen molar-refractivity contribution in [3.05, 3.63) is 29.3 Å². The number of hydrogen-bond acceptors (Lipinski definition) is 3. The third kappa shape index (κ3) is 3.37. The van der Waals surface area contributed by atoms with Crippen molar-refractivity contribution in [3.63, 3.8) is 0 Å². The smallest absolute Gasteiger partial charge is 0.283 e. The summed E-state index contributed by atoms with van der Waals surface area (Å²) < 4.78 is 62.5. The second-order valence-electron chi connectivity index (χ2n) is 3.38. The van der Waals surface area contributed by atoms with E-state index in [9.17, 15) is 21.6 Å². The molecule has 1 aromatic rings. The van der Waals surface area contributed by atoms with Gasteiger partial charge in [0.1, 0.15) is 0 Å². The van der Waals surface area contributed by atoms with Crippen molar-refractivity contribution in [3.8, 4) is 6.07 Å². The number of sulfonamides is 1. The van der Waals surface area contributed by atoms with E-state index >= 15 is 0 Å². The number of hydrogen-bond donors (Lipinski definition) is 1. The van der Waals surface area contributed by atoms with Crippen LogP contribution in [0.15, 0.2) is 18.2 Å². The maximum Gasteiger partial charge on any atom is 0.418 e. The molecule has 0 amide bonds. The van der Waals surface area contributed by atoms with Gasteiger partial charge in [0.05, 0.1) is 28.6 Å². The molecule has 18 heavy (non-hydrogen) atoms. The van der Waals surface area contributed by atoms with E-state index in [1.807, 2.05) is 4.72 Å². The second-order valence-corrected chi connectivity index (χ2v) is 5.39. The van der Waals surface area contributed by atoms with E-state index in [1.54, 1.807) is 6.07 Å². The lowest BCUT2D eigenvalue weighted by Gasteiger charge is -2.14. The molecule has 0 bridgehead atoms. The Hall–Kier alpha value is -1.75. The van der Waals surface area contributed by atoms with Crippen LogP contribution in [0.5, 0.6) is 0 Å². The number of nitrogens with one attached hydrogen (secondary N) is 1. The van der Waals surface area contributed by atoms with Crippen molar-refractivity contribution in [2.45, 2.75) is 13.1 Å². The average Bonchev–Trinajstić information content (AvgIpc) is 2.27. The Morgan fingerprint density at radius 2 is 2.00 bits per heavy atom. The Kier molecular flexibility index (Phi) is 3.86. The third-order valence-electron chi connectivity index (χ3n) is 2.10. The molecule has 98 valence electrons. The van der Waals surface area contributed by atoms with E-state index in [-0.39, 0.29) is 11.3 Å². The van der Waals surface area contributed by atoms with Crippen LogP contribution < -0.4 is 4.72 Å². The summed E-state index contributed by atoms with van der Waals surface area (Å²) in [6.45, 7) is 1.30. The fraction of sp³-hybridized carbons (Fsp3) is 0.300. The Morgan fingerprint density at radius 3 is 2.44 bits per heavy atom. The van der Waals surface area contributed by atoms with Gasteiger partial charge in [0, 0.05) is 0 Å². The van der Waals surface area contributed by atoms with Crippen LogP contribution in [-0.4, -0.2) is 14.2 Å². The van der Waals surface area contributed by atoms with Gasteiger partial charge in [-0.2, -0.15) is 18.4 Å². The molecule has 0 aliphatic heterocycles. The van der Waals surface area contributed by atoms with Crippen molar-refractivity contribution in [1.82, 2.24) is 0 Å². The Morgan fingerprint density at radius 1 is 1.39 bits per heavy atom. The van der Waals surface area contributed by atoms with Crippen molar-refractivity contribution in [2.24, 2.45) is 0 Å². The fourth-order valence-corrected chi connectivity index (χ4v) is 1.83. The van der Waals surface area contributed by atoms with Crippen LogP contribution in [0, 0.1) is 11.3 Å². The first-order valence-electron chi connectivity index (χ1n) is 4.81. The van der Waals surface area contributed by atoms with Crippen LogP contribution >= 0.6 is 0 Å². The minimum absolute atomic E-state index is 0.193. The van der Waals surface area contributed by atoms with Gasteiger partial charge in [0.15, 0.2) is 0 Å². The summed E-state index contributed by atoms with van der Waals surface area (Å²) in [5.74, 6) is -0.343.